The van der Waals surface area contributed by atoms with Crippen molar-refractivity contribution in [3.8, 4) is 0 Å². The van der Waals surface area contributed by atoms with Crippen molar-refractivity contribution in [1.82, 2.24) is 14.7 Å². The molecule has 0 aromatic carbocycles. The van der Waals surface area contributed by atoms with Crippen LogP contribution in [0.2, 0.25) is 0 Å². The van der Waals surface area contributed by atoms with Gasteiger partial charge in [0.2, 0.25) is 5.91 Å². The Balaban J connectivity index is 1.88. The van der Waals surface area contributed by atoms with E-state index in [4.69, 9.17) is 4.74 Å². The minimum atomic E-state index is -0.0412. The van der Waals surface area contributed by atoms with E-state index in [1.165, 1.54) is 32.1 Å². The van der Waals surface area contributed by atoms with Crippen molar-refractivity contribution in [1.29, 1.82) is 0 Å². The molecule has 1 saturated heterocycles. The van der Waals surface area contributed by atoms with Crippen molar-refractivity contribution in [2.24, 2.45) is 0 Å². The van der Waals surface area contributed by atoms with Crippen molar-refractivity contribution in [2.75, 3.05) is 47.4 Å². The number of hydrogen-bond donors (Lipinski definition) is 0. The number of nitrogens with zero attached hydrogens (tertiary/aromatic N) is 3. The summed E-state index contributed by atoms with van der Waals surface area (Å²) in [7, 11) is 6.12. The summed E-state index contributed by atoms with van der Waals surface area (Å²) in [6, 6.07) is 0.405. The number of carbonyl (C=O) groups is 1. The Kier molecular flexibility index (Phi) is 6.66. The van der Waals surface area contributed by atoms with Gasteiger partial charge in [-0.3, -0.25) is 9.69 Å². The van der Waals surface area contributed by atoms with Gasteiger partial charge in [-0.15, -0.1) is 0 Å². The average Bonchev–Trinajstić information content (AvgIpc) is 2.53. The number of carbonyl (C=O) groups excluding carboxylic acids is 1. The molecule has 0 aromatic rings. The summed E-state index contributed by atoms with van der Waals surface area (Å²) in [6.07, 6.45) is 6.39. The second-order valence-corrected chi connectivity index (χ2v) is 7.17. The molecule has 0 bridgehead atoms. The zero-order chi connectivity index (χ0) is 16.1. The van der Waals surface area contributed by atoms with E-state index in [1.54, 1.807) is 0 Å². The highest BCUT2D eigenvalue weighted by atomic mass is 16.5. The zero-order valence-corrected chi connectivity index (χ0v) is 14.8. The lowest BCUT2D eigenvalue weighted by Gasteiger charge is -2.40. The molecule has 1 amide bonds. The fourth-order valence-electron chi connectivity index (χ4n) is 3.71. The summed E-state index contributed by atoms with van der Waals surface area (Å²) in [5, 5.41) is 0. The summed E-state index contributed by atoms with van der Waals surface area (Å²) in [5.41, 5.74) is 0. The van der Waals surface area contributed by atoms with Gasteiger partial charge in [0.05, 0.1) is 18.8 Å². The molecule has 1 heterocycles. The molecule has 2 fully saturated rings. The van der Waals surface area contributed by atoms with Crippen LogP contribution >= 0.6 is 0 Å². The number of amides is 1. The van der Waals surface area contributed by atoms with Crippen LogP contribution in [0, 0.1) is 0 Å². The highest BCUT2D eigenvalue weighted by molar-refractivity contribution is 5.81. The standard InChI is InChI=1S/C17H33N3O2/c1-14(17(21)19(4)15-8-6-5-7-9-15)20-10-11-22-16(13-20)12-18(2)3/h14-16H,5-13H2,1-4H3/t14-,16+/m0/s1. The van der Waals surface area contributed by atoms with Crippen LogP contribution in [0.3, 0.4) is 0 Å². The lowest BCUT2D eigenvalue weighted by Crippen LogP contribution is -2.55. The first kappa shape index (κ1) is 17.7. The summed E-state index contributed by atoms with van der Waals surface area (Å²) < 4.78 is 5.82. The lowest BCUT2D eigenvalue weighted by atomic mass is 9.94. The second kappa shape index (κ2) is 8.27. The van der Waals surface area contributed by atoms with Gasteiger partial charge in [0.1, 0.15) is 0 Å². The Bertz CT molecular complexity index is 356. The molecule has 5 heteroatoms. The zero-order valence-electron chi connectivity index (χ0n) is 14.8. The van der Waals surface area contributed by atoms with Crippen molar-refractivity contribution in [2.45, 2.75) is 57.2 Å². The third-order valence-electron chi connectivity index (χ3n) is 5.11. The third-order valence-corrected chi connectivity index (χ3v) is 5.11. The van der Waals surface area contributed by atoms with Crippen LogP contribution in [-0.4, -0.2) is 86.2 Å². The van der Waals surface area contributed by atoms with E-state index in [0.29, 0.717) is 6.04 Å². The SMILES string of the molecule is C[C@@H](C(=O)N(C)C1CCCCC1)N1CCO[C@H](CN(C)C)C1. The maximum Gasteiger partial charge on any atom is 0.239 e. The Morgan fingerprint density at radius 1 is 1.23 bits per heavy atom. The van der Waals surface area contributed by atoms with Crippen LogP contribution in [0.4, 0.5) is 0 Å². The van der Waals surface area contributed by atoms with Gasteiger partial charge in [-0.1, -0.05) is 19.3 Å². The first-order valence-corrected chi connectivity index (χ1v) is 8.76. The van der Waals surface area contributed by atoms with Crippen molar-refractivity contribution in [3.05, 3.63) is 0 Å². The van der Waals surface area contributed by atoms with Crippen molar-refractivity contribution >= 4 is 5.91 Å². The first-order chi connectivity index (χ1) is 10.5. The van der Waals surface area contributed by atoms with E-state index in [0.717, 1.165) is 26.2 Å². The molecule has 0 spiro atoms. The van der Waals surface area contributed by atoms with Crippen LogP contribution in [0.5, 0.6) is 0 Å². The molecule has 22 heavy (non-hydrogen) atoms. The molecule has 1 aliphatic carbocycles. The number of morpholine rings is 1. The molecule has 2 aliphatic rings. The number of hydrogen-bond acceptors (Lipinski definition) is 4. The average molecular weight is 311 g/mol. The topological polar surface area (TPSA) is 36.0 Å². The molecule has 0 radical (unpaired) electrons. The Morgan fingerprint density at radius 3 is 2.55 bits per heavy atom. The molecule has 1 saturated carbocycles. The summed E-state index contributed by atoms with van der Waals surface area (Å²) >= 11 is 0. The van der Waals surface area contributed by atoms with Crippen LogP contribution in [0.1, 0.15) is 39.0 Å². The van der Waals surface area contributed by atoms with Gasteiger partial charge >= 0.3 is 0 Å². The Hall–Kier alpha value is -0.650. The predicted octanol–water partition coefficient (Wildman–Crippen LogP) is 1.43. The van der Waals surface area contributed by atoms with E-state index in [-0.39, 0.29) is 18.1 Å². The summed E-state index contributed by atoms with van der Waals surface area (Å²) in [5.74, 6) is 0.275. The van der Waals surface area contributed by atoms with Crippen molar-refractivity contribution in [3.63, 3.8) is 0 Å². The Labute approximate surface area is 135 Å². The molecular weight excluding hydrogens is 278 g/mol. The lowest BCUT2D eigenvalue weighted by molar-refractivity contribution is -0.141. The van der Waals surface area contributed by atoms with E-state index in [9.17, 15) is 4.79 Å². The predicted molar refractivity (Wildman–Crippen MR) is 89.0 cm³/mol. The van der Waals surface area contributed by atoms with E-state index >= 15 is 0 Å². The van der Waals surface area contributed by atoms with Gasteiger partial charge in [-0.25, -0.2) is 0 Å². The monoisotopic (exact) mass is 311 g/mol. The van der Waals surface area contributed by atoms with Crippen LogP contribution in [0.15, 0.2) is 0 Å². The largest absolute Gasteiger partial charge is 0.374 e. The molecule has 2 rings (SSSR count). The molecular formula is C17H33N3O2. The van der Waals surface area contributed by atoms with Gasteiger partial charge in [-0.2, -0.15) is 0 Å². The molecule has 0 aromatic heterocycles. The molecule has 0 unspecified atom stereocenters. The molecule has 0 N–H and O–H groups in total. The molecule has 5 nitrogen and oxygen atoms in total. The number of likely N-dealkylation sites (N-methyl/N-ethyl adjacent to an activating group) is 2. The maximum absolute atomic E-state index is 12.8. The number of rotatable bonds is 5. The normalized spacial score (nSPS) is 26.1. The van der Waals surface area contributed by atoms with Gasteiger partial charge < -0.3 is 14.5 Å². The maximum atomic E-state index is 12.8. The fourth-order valence-corrected chi connectivity index (χ4v) is 3.71. The summed E-state index contributed by atoms with van der Waals surface area (Å²) in [4.78, 5) is 19.3. The number of ether oxygens (including phenoxy) is 1. The second-order valence-electron chi connectivity index (χ2n) is 7.17. The smallest absolute Gasteiger partial charge is 0.239 e. The molecule has 1 aliphatic heterocycles. The van der Waals surface area contributed by atoms with Crippen LogP contribution < -0.4 is 0 Å². The van der Waals surface area contributed by atoms with Crippen LogP contribution in [-0.2, 0) is 9.53 Å². The highest BCUT2D eigenvalue weighted by Crippen LogP contribution is 2.23. The minimum Gasteiger partial charge on any atom is -0.374 e. The van der Waals surface area contributed by atoms with Crippen molar-refractivity contribution < 1.29 is 9.53 Å². The van der Waals surface area contributed by atoms with E-state index in [2.05, 4.69) is 30.8 Å². The Morgan fingerprint density at radius 2 is 1.91 bits per heavy atom. The highest BCUT2D eigenvalue weighted by Gasteiger charge is 2.32. The van der Waals surface area contributed by atoms with Gasteiger partial charge in [0.15, 0.2) is 0 Å². The summed E-state index contributed by atoms with van der Waals surface area (Å²) in [6.45, 7) is 5.40. The fraction of sp³-hybridized carbons (Fsp3) is 0.941. The quantitative estimate of drug-likeness (QED) is 0.769. The van der Waals surface area contributed by atoms with E-state index < -0.39 is 0 Å². The van der Waals surface area contributed by atoms with E-state index in [1.807, 2.05) is 11.9 Å². The minimum absolute atomic E-state index is 0.0412. The van der Waals surface area contributed by atoms with Crippen LogP contribution in [0.25, 0.3) is 0 Å². The van der Waals surface area contributed by atoms with Gasteiger partial charge in [-0.05, 0) is 33.9 Å². The van der Waals surface area contributed by atoms with Gasteiger partial charge in [0, 0.05) is 32.7 Å². The third kappa shape index (κ3) is 4.67. The first-order valence-electron chi connectivity index (χ1n) is 8.76. The molecule has 128 valence electrons. The molecule has 2 atom stereocenters. The van der Waals surface area contributed by atoms with Gasteiger partial charge in [0.25, 0.3) is 0 Å².